The topological polar surface area (TPSA) is 80.3 Å². The van der Waals surface area contributed by atoms with Gasteiger partial charge in [-0.3, -0.25) is 0 Å². The second-order valence-corrected chi connectivity index (χ2v) is 13.6. The third-order valence-electron chi connectivity index (χ3n) is 3.83. The van der Waals surface area contributed by atoms with Gasteiger partial charge in [-0.05, 0) is 12.8 Å². The van der Waals surface area contributed by atoms with Crippen molar-refractivity contribution in [3.05, 3.63) is 0 Å². The van der Waals surface area contributed by atoms with Crippen molar-refractivity contribution < 1.29 is 19.8 Å². The van der Waals surface area contributed by atoms with E-state index in [1.54, 1.807) is 0 Å². The Balaban J connectivity index is 3.38. The summed E-state index contributed by atoms with van der Waals surface area (Å²) in [7, 11) is 0. The van der Waals surface area contributed by atoms with Crippen LogP contribution in [0.25, 0.3) is 0 Å². The molecule has 8 heteroatoms. The van der Waals surface area contributed by atoms with Crippen LogP contribution in [0, 0.1) is 0 Å². The Morgan fingerprint density at radius 2 is 0.750 bits per heavy atom. The van der Waals surface area contributed by atoms with E-state index in [0.29, 0.717) is 12.8 Å². The van der Waals surface area contributed by atoms with Crippen LogP contribution in [-0.4, -0.2) is 18.4 Å². The molecule has 0 saturated heterocycles. The molecule has 0 unspecified atom stereocenters. The molecule has 0 aromatic rings. The number of carbonyl (C=O) groups is 2. The molecule has 0 saturated carbocycles. The van der Waals surface area contributed by atoms with Crippen molar-refractivity contribution in [1.29, 1.82) is 0 Å². The quantitative estimate of drug-likeness (QED) is 0.209. The highest BCUT2D eigenvalue weighted by Crippen LogP contribution is 2.32. The van der Waals surface area contributed by atoms with E-state index in [-0.39, 0.29) is 0 Å². The molecular weight excluding hydrogens is 576 g/mol. The maximum absolute atomic E-state index is 10.8. The number of carboxylic acid groups (broad SMARTS) is 2. The number of hydrogen-bond acceptors (Lipinski definition) is 4. The van der Waals surface area contributed by atoms with Crippen molar-refractivity contribution >= 4 is 75.7 Å². The first-order valence-electron chi connectivity index (χ1n) is 8.28. The van der Waals surface area contributed by atoms with E-state index in [9.17, 15) is 19.8 Å². The number of aliphatic carboxylic acids is 2. The average molecular weight is 600 g/mol. The summed E-state index contributed by atoms with van der Waals surface area (Å²) in [5, 5.41) is 21.6. The molecule has 0 fully saturated rings. The Morgan fingerprint density at radius 1 is 0.542 bits per heavy atom. The van der Waals surface area contributed by atoms with Gasteiger partial charge in [-0.15, -0.1) is 0 Å². The highest BCUT2D eigenvalue weighted by Gasteiger charge is 2.23. The van der Waals surface area contributed by atoms with E-state index < -0.39 is 18.4 Å². The van der Waals surface area contributed by atoms with Crippen LogP contribution in [0.3, 0.4) is 0 Å². The number of hydrogen-bond donors (Lipinski definition) is 0. The summed E-state index contributed by atoms with van der Waals surface area (Å²) >= 11 is 12.4. The molecule has 0 rings (SSSR count). The first kappa shape index (κ1) is 24.9. The number of rotatable bonds is 15. The van der Waals surface area contributed by atoms with Crippen LogP contribution >= 0.6 is 63.7 Å². The number of alkyl halides is 4. The summed E-state index contributed by atoms with van der Waals surface area (Å²) in [4.78, 5) is 21.6. The summed E-state index contributed by atoms with van der Waals surface area (Å²) in [5.74, 6) is -2.25. The maximum Gasteiger partial charge on any atom is 0.119 e. The second kappa shape index (κ2) is 13.1. The average Bonchev–Trinajstić information content (AvgIpc) is 2.47. The minimum Gasteiger partial charge on any atom is -0.548 e. The molecule has 0 radical (unpaired) electrons. The molecular formula is C16H24Br4O4-2. The lowest BCUT2D eigenvalue weighted by molar-refractivity contribution is -0.307. The van der Waals surface area contributed by atoms with Gasteiger partial charge in [-0.2, -0.15) is 0 Å². The lowest BCUT2D eigenvalue weighted by Gasteiger charge is -2.21. The van der Waals surface area contributed by atoms with E-state index >= 15 is 0 Å². The van der Waals surface area contributed by atoms with E-state index in [2.05, 4.69) is 63.7 Å². The van der Waals surface area contributed by atoms with Crippen LogP contribution < -0.4 is 10.2 Å². The summed E-state index contributed by atoms with van der Waals surface area (Å²) in [6.07, 6.45) is 11.7. The van der Waals surface area contributed by atoms with Crippen molar-refractivity contribution in [3.63, 3.8) is 0 Å². The van der Waals surface area contributed by atoms with Crippen LogP contribution in [-0.2, 0) is 9.59 Å². The van der Waals surface area contributed by atoms with Crippen molar-refractivity contribution in [2.24, 2.45) is 0 Å². The van der Waals surface area contributed by atoms with Gasteiger partial charge in [0.05, 0.1) is 11.9 Å². The Bertz CT molecular complexity index is 350. The largest absolute Gasteiger partial charge is 0.548 e. The second-order valence-electron chi connectivity index (χ2n) is 6.02. The molecule has 0 aromatic carbocycles. The van der Waals surface area contributed by atoms with Crippen LogP contribution in [0.2, 0.25) is 0 Å². The van der Waals surface area contributed by atoms with Crippen LogP contribution in [0.15, 0.2) is 0 Å². The summed E-state index contributed by atoms with van der Waals surface area (Å²) in [6.45, 7) is 0. The Kier molecular flexibility index (Phi) is 13.6. The monoisotopic (exact) mass is 596 g/mol. The molecule has 0 aliphatic heterocycles. The molecule has 0 amide bonds. The van der Waals surface area contributed by atoms with E-state index in [1.807, 2.05) is 0 Å². The maximum atomic E-state index is 10.8. The lowest BCUT2D eigenvalue weighted by Crippen LogP contribution is -2.38. The number of carboxylic acids is 2. The van der Waals surface area contributed by atoms with Gasteiger partial charge in [0.1, 0.15) is 6.47 Å². The van der Waals surface area contributed by atoms with Gasteiger partial charge in [-0.25, -0.2) is 0 Å². The minimum atomic E-state index is -1.13. The van der Waals surface area contributed by atoms with E-state index in [0.717, 1.165) is 38.5 Å². The van der Waals surface area contributed by atoms with Gasteiger partial charge in [0.2, 0.25) is 0 Å². The molecule has 0 aromatic heterocycles. The standard InChI is InChI=1S/C16H26Br4O4/c17-15(18,13(21)22)11-9-7-5-3-1-2-4-6-8-10-12-16(19,20)14(23)24/h1-12H2,(H,21,22)(H,23,24)/p-2. The highest BCUT2D eigenvalue weighted by molar-refractivity contribution is 9.26. The molecule has 0 aliphatic carbocycles. The fourth-order valence-corrected chi connectivity index (χ4v) is 3.43. The zero-order chi connectivity index (χ0) is 18.6. The number of unbranched alkanes of at least 4 members (excludes halogenated alkanes) is 9. The molecule has 0 spiro atoms. The molecule has 4 nitrogen and oxygen atoms in total. The highest BCUT2D eigenvalue weighted by atomic mass is 79.9. The van der Waals surface area contributed by atoms with Crippen molar-refractivity contribution in [3.8, 4) is 0 Å². The van der Waals surface area contributed by atoms with Gasteiger partial charge < -0.3 is 19.8 Å². The molecule has 24 heavy (non-hydrogen) atoms. The van der Waals surface area contributed by atoms with Crippen molar-refractivity contribution in [1.82, 2.24) is 0 Å². The first-order valence-corrected chi connectivity index (χ1v) is 11.5. The van der Waals surface area contributed by atoms with Crippen molar-refractivity contribution in [2.75, 3.05) is 0 Å². The SMILES string of the molecule is O=C([O-])C(Br)(Br)CCCCCCCCCCCCC(Br)(Br)C(=O)[O-]. The fourth-order valence-electron chi connectivity index (χ4n) is 2.31. The molecule has 0 aliphatic rings. The summed E-state index contributed by atoms with van der Waals surface area (Å²) < 4.78 is -2.17. The molecule has 142 valence electrons. The number of halogens is 4. The number of carbonyl (C=O) groups excluding carboxylic acids is 2. The minimum absolute atomic E-state index is 0.518. The Morgan fingerprint density at radius 3 is 0.958 bits per heavy atom. The van der Waals surface area contributed by atoms with Gasteiger partial charge in [0.15, 0.2) is 0 Å². The lowest BCUT2D eigenvalue weighted by atomic mass is 10.0. The van der Waals surface area contributed by atoms with Gasteiger partial charge in [-0.1, -0.05) is 128 Å². The van der Waals surface area contributed by atoms with E-state index in [4.69, 9.17) is 0 Å². The normalized spacial score (nSPS) is 12.3. The molecule has 0 bridgehead atoms. The van der Waals surface area contributed by atoms with Crippen LogP contribution in [0.4, 0.5) is 0 Å². The summed E-state index contributed by atoms with van der Waals surface area (Å²) in [6, 6.07) is 0. The van der Waals surface area contributed by atoms with Gasteiger partial charge >= 0.3 is 0 Å². The molecule has 0 atom stereocenters. The summed E-state index contributed by atoms with van der Waals surface area (Å²) in [5.41, 5.74) is 0. The zero-order valence-electron chi connectivity index (χ0n) is 13.6. The smallest absolute Gasteiger partial charge is 0.119 e. The third-order valence-corrected chi connectivity index (χ3v) is 6.71. The predicted octanol–water partition coefficient (Wildman–Crippen LogP) is 4.14. The zero-order valence-corrected chi connectivity index (χ0v) is 20.0. The van der Waals surface area contributed by atoms with Crippen molar-refractivity contribution in [2.45, 2.75) is 83.5 Å². The first-order chi connectivity index (χ1) is 11.1. The predicted molar refractivity (Wildman–Crippen MR) is 107 cm³/mol. The third kappa shape index (κ3) is 12.3. The fraction of sp³-hybridized carbons (Fsp3) is 0.875. The van der Waals surface area contributed by atoms with Crippen LogP contribution in [0.5, 0.6) is 0 Å². The Hall–Kier alpha value is 0.860. The Labute approximate surface area is 178 Å². The van der Waals surface area contributed by atoms with Gasteiger partial charge in [0, 0.05) is 0 Å². The molecule has 0 heterocycles. The molecule has 0 N–H and O–H groups in total. The van der Waals surface area contributed by atoms with Gasteiger partial charge in [0.25, 0.3) is 0 Å². The van der Waals surface area contributed by atoms with E-state index in [1.165, 1.54) is 25.7 Å². The van der Waals surface area contributed by atoms with Crippen LogP contribution in [0.1, 0.15) is 77.0 Å².